The number of benzene rings is 1. The molecule has 1 aromatic rings. The number of halogens is 2. The molecule has 0 radical (unpaired) electrons. The first-order valence-corrected chi connectivity index (χ1v) is 5.41. The summed E-state index contributed by atoms with van der Waals surface area (Å²) in [4.78, 5) is 2.05. The van der Waals surface area contributed by atoms with Gasteiger partial charge in [0.15, 0.2) is 0 Å². The second-order valence-electron chi connectivity index (χ2n) is 3.35. The normalized spacial score (nSPS) is 11.3. The summed E-state index contributed by atoms with van der Waals surface area (Å²) >= 11 is 11.2. The fourth-order valence-corrected chi connectivity index (χ4v) is 1.25. The Hall–Kier alpha value is -0.860. The molecule has 2 nitrogen and oxygen atoms in total. The lowest BCUT2D eigenvalue weighted by Gasteiger charge is -2.13. The van der Waals surface area contributed by atoms with Crippen LogP contribution in [0.5, 0.6) is 0 Å². The van der Waals surface area contributed by atoms with Gasteiger partial charge in [0.25, 0.3) is 0 Å². The molecule has 0 amide bonds. The van der Waals surface area contributed by atoms with Crippen LogP contribution in [0.4, 0.5) is 11.4 Å². The zero-order valence-corrected chi connectivity index (χ0v) is 10.3. The standard InChI is InChI=1S/C11H14Cl2N2/c1-15(2)11-5-3-10(4-6-11)14-8-9(13)7-12/h3-7,14H,8H2,1-2H3. The lowest BCUT2D eigenvalue weighted by atomic mass is 10.2. The minimum Gasteiger partial charge on any atom is -0.380 e. The van der Waals surface area contributed by atoms with Crippen LogP contribution in [0.3, 0.4) is 0 Å². The van der Waals surface area contributed by atoms with Crippen LogP contribution in [0.1, 0.15) is 0 Å². The van der Waals surface area contributed by atoms with Crippen molar-refractivity contribution in [3.63, 3.8) is 0 Å². The van der Waals surface area contributed by atoms with Crippen molar-refractivity contribution in [1.29, 1.82) is 0 Å². The molecule has 1 rings (SSSR count). The van der Waals surface area contributed by atoms with E-state index in [0.29, 0.717) is 11.6 Å². The zero-order chi connectivity index (χ0) is 11.3. The highest BCUT2D eigenvalue weighted by Crippen LogP contribution is 2.16. The van der Waals surface area contributed by atoms with Crippen molar-refractivity contribution in [2.45, 2.75) is 0 Å². The molecule has 1 aromatic carbocycles. The van der Waals surface area contributed by atoms with E-state index >= 15 is 0 Å². The summed E-state index contributed by atoms with van der Waals surface area (Å²) in [7, 11) is 4.02. The van der Waals surface area contributed by atoms with E-state index in [4.69, 9.17) is 23.2 Å². The number of rotatable bonds is 4. The molecule has 0 spiro atoms. The van der Waals surface area contributed by atoms with E-state index in [1.165, 1.54) is 11.2 Å². The van der Waals surface area contributed by atoms with Gasteiger partial charge in [0, 0.05) is 36.0 Å². The van der Waals surface area contributed by atoms with Gasteiger partial charge in [-0.2, -0.15) is 0 Å². The Kier molecular flexibility index (Phi) is 4.79. The van der Waals surface area contributed by atoms with Crippen molar-refractivity contribution in [3.8, 4) is 0 Å². The third kappa shape index (κ3) is 4.02. The van der Waals surface area contributed by atoms with E-state index in [0.717, 1.165) is 5.69 Å². The molecule has 1 N–H and O–H groups in total. The fourth-order valence-electron chi connectivity index (χ4n) is 1.10. The Morgan fingerprint density at radius 2 is 1.93 bits per heavy atom. The van der Waals surface area contributed by atoms with E-state index < -0.39 is 0 Å². The number of nitrogens with zero attached hydrogens (tertiary/aromatic N) is 1. The van der Waals surface area contributed by atoms with E-state index in [9.17, 15) is 0 Å². The van der Waals surface area contributed by atoms with Crippen molar-refractivity contribution in [1.82, 2.24) is 0 Å². The van der Waals surface area contributed by atoms with Crippen LogP contribution in [0.15, 0.2) is 34.8 Å². The van der Waals surface area contributed by atoms with Gasteiger partial charge in [0.2, 0.25) is 0 Å². The maximum Gasteiger partial charge on any atom is 0.0516 e. The molecule has 82 valence electrons. The smallest absolute Gasteiger partial charge is 0.0516 e. The van der Waals surface area contributed by atoms with Crippen molar-refractivity contribution in [3.05, 3.63) is 34.8 Å². The second-order valence-corrected chi connectivity index (χ2v) is 4.05. The van der Waals surface area contributed by atoms with Gasteiger partial charge in [-0.3, -0.25) is 0 Å². The molecule has 0 atom stereocenters. The molecule has 0 saturated heterocycles. The van der Waals surface area contributed by atoms with Crippen LogP contribution in [0.25, 0.3) is 0 Å². The maximum absolute atomic E-state index is 5.76. The molecule has 0 aliphatic rings. The first kappa shape index (κ1) is 12.2. The Morgan fingerprint density at radius 1 is 1.33 bits per heavy atom. The SMILES string of the molecule is CN(C)c1ccc(NCC(Cl)=CCl)cc1. The summed E-state index contributed by atoms with van der Waals surface area (Å²) < 4.78 is 0. The van der Waals surface area contributed by atoms with Crippen LogP contribution in [0.2, 0.25) is 0 Å². The van der Waals surface area contributed by atoms with Crippen molar-refractivity contribution in [2.75, 3.05) is 30.9 Å². The topological polar surface area (TPSA) is 15.3 Å². The van der Waals surface area contributed by atoms with Gasteiger partial charge in [0.1, 0.15) is 0 Å². The molecule has 4 heteroatoms. The zero-order valence-electron chi connectivity index (χ0n) is 8.80. The largest absolute Gasteiger partial charge is 0.380 e. The molecule has 0 aromatic heterocycles. The van der Waals surface area contributed by atoms with Gasteiger partial charge >= 0.3 is 0 Å². The summed E-state index contributed by atoms with van der Waals surface area (Å²) in [6.07, 6.45) is 0. The molecule has 0 heterocycles. The van der Waals surface area contributed by atoms with Gasteiger partial charge in [-0.25, -0.2) is 0 Å². The summed E-state index contributed by atoms with van der Waals surface area (Å²) in [6.45, 7) is 0.548. The van der Waals surface area contributed by atoms with E-state index in [1.54, 1.807) is 0 Å². The van der Waals surface area contributed by atoms with Crippen LogP contribution < -0.4 is 10.2 Å². The van der Waals surface area contributed by atoms with Crippen LogP contribution in [-0.4, -0.2) is 20.6 Å². The third-order valence-corrected chi connectivity index (χ3v) is 2.58. The minimum atomic E-state index is 0.548. The lowest BCUT2D eigenvalue weighted by Crippen LogP contribution is -2.08. The van der Waals surface area contributed by atoms with Gasteiger partial charge in [-0.1, -0.05) is 23.2 Å². The lowest BCUT2D eigenvalue weighted by molar-refractivity contribution is 1.13. The van der Waals surface area contributed by atoms with Crippen molar-refractivity contribution in [2.24, 2.45) is 0 Å². The second kappa shape index (κ2) is 5.89. The Bertz CT molecular complexity index is 331. The first-order valence-electron chi connectivity index (χ1n) is 4.59. The summed E-state index contributed by atoms with van der Waals surface area (Å²) in [5.41, 5.74) is 3.56. The highest BCUT2D eigenvalue weighted by molar-refractivity contribution is 6.36. The highest BCUT2D eigenvalue weighted by atomic mass is 35.5. The van der Waals surface area contributed by atoms with Crippen LogP contribution in [-0.2, 0) is 0 Å². The van der Waals surface area contributed by atoms with Gasteiger partial charge in [-0.15, -0.1) is 0 Å². The first-order chi connectivity index (χ1) is 7.13. The summed E-state index contributed by atoms with van der Waals surface area (Å²) in [5.74, 6) is 0. The van der Waals surface area contributed by atoms with Gasteiger partial charge in [-0.05, 0) is 24.3 Å². The van der Waals surface area contributed by atoms with Crippen molar-refractivity contribution < 1.29 is 0 Å². The van der Waals surface area contributed by atoms with Gasteiger partial charge in [0.05, 0.1) is 6.54 Å². The Labute approximate surface area is 100 Å². The van der Waals surface area contributed by atoms with E-state index in [2.05, 4.69) is 10.2 Å². The van der Waals surface area contributed by atoms with Crippen molar-refractivity contribution >= 4 is 34.6 Å². The number of hydrogen-bond donors (Lipinski definition) is 1. The number of hydrogen-bond acceptors (Lipinski definition) is 2. The molecule has 0 bridgehead atoms. The minimum absolute atomic E-state index is 0.548. The number of nitrogens with one attached hydrogen (secondary N) is 1. The number of anilines is 2. The molecule has 0 unspecified atom stereocenters. The highest BCUT2D eigenvalue weighted by Gasteiger charge is 1.96. The average Bonchev–Trinajstić information content (AvgIpc) is 2.26. The molecule has 0 aliphatic carbocycles. The molecule has 15 heavy (non-hydrogen) atoms. The molecular formula is C11H14Cl2N2. The maximum atomic E-state index is 5.76. The summed E-state index contributed by atoms with van der Waals surface area (Å²) in [5, 5.41) is 3.75. The average molecular weight is 245 g/mol. The molecule has 0 saturated carbocycles. The Morgan fingerprint density at radius 3 is 2.40 bits per heavy atom. The summed E-state index contributed by atoms with van der Waals surface area (Å²) in [6, 6.07) is 8.10. The Balaban J connectivity index is 2.57. The third-order valence-electron chi connectivity index (χ3n) is 1.96. The van der Waals surface area contributed by atoms with Crippen LogP contribution >= 0.6 is 23.2 Å². The predicted molar refractivity (Wildman–Crippen MR) is 69.0 cm³/mol. The quantitative estimate of drug-likeness (QED) is 0.873. The van der Waals surface area contributed by atoms with E-state index in [-0.39, 0.29) is 0 Å². The molecule has 0 fully saturated rings. The predicted octanol–water partition coefficient (Wildman–Crippen LogP) is 3.48. The monoisotopic (exact) mass is 244 g/mol. The molecule has 0 aliphatic heterocycles. The fraction of sp³-hybridized carbons (Fsp3) is 0.273. The van der Waals surface area contributed by atoms with E-state index in [1.807, 2.05) is 38.4 Å². The van der Waals surface area contributed by atoms with Crippen LogP contribution in [0, 0.1) is 0 Å². The molecular weight excluding hydrogens is 231 g/mol. The van der Waals surface area contributed by atoms with Gasteiger partial charge < -0.3 is 10.2 Å².